The van der Waals surface area contributed by atoms with E-state index in [4.69, 9.17) is 27.4 Å². The third-order valence-electron chi connectivity index (χ3n) is 2.66. The molecule has 0 amide bonds. The molecule has 0 bridgehead atoms. The maximum Gasteiger partial charge on any atom is 0.162 e. The number of benzene rings is 1. The minimum atomic E-state index is 0.285. The van der Waals surface area contributed by atoms with Crippen molar-refractivity contribution in [2.75, 3.05) is 13.2 Å². The Morgan fingerprint density at radius 3 is 2.65 bits per heavy atom. The number of thiocarbonyl (C=S) groups is 1. The molecule has 0 unspecified atom stereocenters. The van der Waals surface area contributed by atoms with Crippen molar-refractivity contribution in [2.45, 2.75) is 0 Å². The second-order valence-electron chi connectivity index (χ2n) is 3.74. The molecule has 4 nitrogen and oxygen atoms in total. The molecule has 2 N–H and O–H groups in total. The lowest BCUT2D eigenvalue weighted by atomic mass is 10.1. The Labute approximate surface area is 103 Å². The van der Waals surface area contributed by atoms with Crippen molar-refractivity contribution in [3.63, 3.8) is 0 Å². The van der Waals surface area contributed by atoms with Gasteiger partial charge in [0.05, 0.1) is 0 Å². The number of hydrogen-bond donors (Lipinski definition) is 1. The highest BCUT2D eigenvalue weighted by Crippen LogP contribution is 2.35. The molecule has 1 aromatic heterocycles. The molecule has 2 heterocycles. The summed E-state index contributed by atoms with van der Waals surface area (Å²) in [5, 5.41) is 1.89. The van der Waals surface area contributed by atoms with Gasteiger partial charge in [-0.2, -0.15) is 0 Å². The minimum Gasteiger partial charge on any atom is -0.486 e. The highest BCUT2D eigenvalue weighted by molar-refractivity contribution is 7.80. The third kappa shape index (κ3) is 1.68. The smallest absolute Gasteiger partial charge is 0.162 e. The summed E-state index contributed by atoms with van der Waals surface area (Å²) in [6, 6.07) is 5.70. The largest absolute Gasteiger partial charge is 0.486 e. The van der Waals surface area contributed by atoms with Crippen molar-refractivity contribution in [1.29, 1.82) is 0 Å². The van der Waals surface area contributed by atoms with Crippen LogP contribution >= 0.6 is 12.2 Å². The van der Waals surface area contributed by atoms with Crippen LogP contribution in [-0.2, 0) is 0 Å². The van der Waals surface area contributed by atoms with Crippen molar-refractivity contribution < 1.29 is 9.47 Å². The zero-order valence-electron chi connectivity index (χ0n) is 8.97. The predicted molar refractivity (Wildman–Crippen MR) is 68.6 cm³/mol. The molecule has 0 spiro atoms. The molecular weight excluding hydrogens is 236 g/mol. The van der Waals surface area contributed by atoms with E-state index in [1.54, 1.807) is 6.20 Å². The molecule has 0 radical (unpaired) electrons. The summed E-state index contributed by atoms with van der Waals surface area (Å²) >= 11 is 4.99. The summed E-state index contributed by atoms with van der Waals surface area (Å²) in [5.74, 6) is 1.47. The first kappa shape index (κ1) is 10.3. The van der Waals surface area contributed by atoms with E-state index in [1.165, 1.54) is 0 Å². The van der Waals surface area contributed by atoms with Crippen LogP contribution in [0, 0.1) is 0 Å². The van der Waals surface area contributed by atoms with Gasteiger partial charge in [0, 0.05) is 11.6 Å². The first-order valence-electron chi connectivity index (χ1n) is 5.24. The fourth-order valence-corrected chi connectivity index (χ4v) is 2.07. The zero-order valence-corrected chi connectivity index (χ0v) is 9.79. The zero-order chi connectivity index (χ0) is 11.8. The molecule has 0 saturated heterocycles. The van der Waals surface area contributed by atoms with E-state index in [0.717, 1.165) is 16.5 Å². The van der Waals surface area contributed by atoms with Gasteiger partial charge in [0.2, 0.25) is 0 Å². The van der Waals surface area contributed by atoms with E-state index in [2.05, 4.69) is 4.98 Å². The van der Waals surface area contributed by atoms with Crippen molar-refractivity contribution in [1.82, 2.24) is 4.98 Å². The van der Waals surface area contributed by atoms with Crippen LogP contribution in [0.3, 0.4) is 0 Å². The molecule has 86 valence electrons. The summed E-state index contributed by atoms with van der Waals surface area (Å²) in [4.78, 5) is 4.48. The molecule has 3 rings (SSSR count). The summed E-state index contributed by atoms with van der Waals surface area (Å²) in [6.07, 6.45) is 1.69. The van der Waals surface area contributed by atoms with Gasteiger partial charge in [0.1, 0.15) is 23.9 Å². The molecule has 0 aliphatic carbocycles. The average Bonchev–Trinajstić information content (AvgIpc) is 2.35. The highest BCUT2D eigenvalue weighted by atomic mass is 32.1. The maximum absolute atomic E-state index is 5.65. The van der Waals surface area contributed by atoms with Gasteiger partial charge in [-0.3, -0.25) is 4.98 Å². The van der Waals surface area contributed by atoms with Gasteiger partial charge in [-0.1, -0.05) is 12.2 Å². The standard InChI is InChI=1S/C12H10N2O2S/c13-12(17)11-8-6-10-9(15-3-4-16-10)5-7(8)1-2-14-11/h1-2,5-6H,3-4H2,(H2,13,17). The molecule has 17 heavy (non-hydrogen) atoms. The molecule has 1 aromatic carbocycles. The number of nitrogens with zero attached hydrogens (tertiary/aromatic N) is 1. The van der Waals surface area contributed by atoms with Gasteiger partial charge in [-0.15, -0.1) is 0 Å². The highest BCUT2D eigenvalue weighted by Gasteiger charge is 2.15. The van der Waals surface area contributed by atoms with Gasteiger partial charge in [0.15, 0.2) is 11.5 Å². The SMILES string of the molecule is NC(=S)c1nccc2cc3c(cc12)OCCO3. The predicted octanol–water partition coefficient (Wildman–Crippen LogP) is 1.64. The van der Waals surface area contributed by atoms with Crippen molar-refractivity contribution in [3.8, 4) is 11.5 Å². The van der Waals surface area contributed by atoms with Gasteiger partial charge in [-0.25, -0.2) is 0 Å². The van der Waals surface area contributed by atoms with Crippen LogP contribution in [0.4, 0.5) is 0 Å². The quantitative estimate of drug-likeness (QED) is 0.775. The number of aromatic nitrogens is 1. The molecule has 1 aliphatic rings. The number of pyridine rings is 1. The van der Waals surface area contributed by atoms with Crippen molar-refractivity contribution >= 4 is 28.0 Å². The van der Waals surface area contributed by atoms with Crippen molar-refractivity contribution in [2.24, 2.45) is 5.73 Å². The minimum absolute atomic E-state index is 0.285. The fourth-order valence-electron chi connectivity index (χ4n) is 1.91. The summed E-state index contributed by atoms with van der Waals surface area (Å²) < 4.78 is 11.1. The van der Waals surface area contributed by atoms with E-state index in [1.807, 2.05) is 18.2 Å². The van der Waals surface area contributed by atoms with E-state index in [9.17, 15) is 0 Å². The Balaban J connectivity index is 2.30. The lowest BCUT2D eigenvalue weighted by molar-refractivity contribution is 0.172. The van der Waals surface area contributed by atoms with Crippen LogP contribution < -0.4 is 15.2 Å². The van der Waals surface area contributed by atoms with Gasteiger partial charge in [-0.05, 0) is 23.6 Å². The average molecular weight is 246 g/mol. The summed E-state index contributed by atoms with van der Waals surface area (Å²) in [7, 11) is 0. The number of hydrogen-bond acceptors (Lipinski definition) is 4. The van der Waals surface area contributed by atoms with Gasteiger partial charge >= 0.3 is 0 Å². The monoisotopic (exact) mass is 246 g/mol. The van der Waals surface area contributed by atoms with Crippen LogP contribution in [-0.4, -0.2) is 23.2 Å². The second kappa shape index (κ2) is 3.85. The van der Waals surface area contributed by atoms with Crippen molar-refractivity contribution in [3.05, 3.63) is 30.1 Å². The van der Waals surface area contributed by atoms with Gasteiger partial charge < -0.3 is 15.2 Å². The molecule has 0 saturated carbocycles. The Morgan fingerprint density at radius 1 is 1.24 bits per heavy atom. The van der Waals surface area contributed by atoms with Crippen LogP contribution in [0.1, 0.15) is 5.69 Å². The molecule has 2 aromatic rings. The topological polar surface area (TPSA) is 57.4 Å². The summed E-state index contributed by atoms with van der Waals surface area (Å²) in [5.41, 5.74) is 6.27. The molecule has 0 fully saturated rings. The third-order valence-corrected chi connectivity index (χ3v) is 2.85. The fraction of sp³-hybridized carbons (Fsp3) is 0.167. The van der Waals surface area contributed by atoms with E-state index < -0.39 is 0 Å². The van der Waals surface area contributed by atoms with Crippen LogP contribution in [0.15, 0.2) is 24.4 Å². The second-order valence-corrected chi connectivity index (χ2v) is 4.18. The first-order valence-corrected chi connectivity index (χ1v) is 5.65. The van der Waals surface area contributed by atoms with Crippen LogP contribution in [0.25, 0.3) is 10.8 Å². The van der Waals surface area contributed by atoms with E-state index in [0.29, 0.717) is 24.7 Å². The molecular formula is C12H10N2O2S. The van der Waals surface area contributed by atoms with E-state index >= 15 is 0 Å². The maximum atomic E-state index is 5.65. The normalized spacial score (nSPS) is 13.6. The molecule has 0 atom stereocenters. The van der Waals surface area contributed by atoms with Crippen LogP contribution in [0.5, 0.6) is 11.5 Å². The number of fused-ring (bicyclic) bond motifs is 2. The van der Waals surface area contributed by atoms with Crippen LogP contribution in [0.2, 0.25) is 0 Å². The van der Waals surface area contributed by atoms with Gasteiger partial charge in [0.25, 0.3) is 0 Å². The number of nitrogens with two attached hydrogens (primary N) is 1. The Bertz CT molecular complexity index is 613. The van der Waals surface area contributed by atoms with E-state index in [-0.39, 0.29) is 4.99 Å². The first-order chi connectivity index (χ1) is 8.25. The lowest BCUT2D eigenvalue weighted by Gasteiger charge is -2.19. The number of ether oxygens (including phenoxy) is 2. The molecule has 5 heteroatoms. The molecule has 1 aliphatic heterocycles. The lowest BCUT2D eigenvalue weighted by Crippen LogP contribution is -2.16. The Morgan fingerprint density at radius 2 is 1.94 bits per heavy atom. The Hall–Kier alpha value is -1.88. The Kier molecular flexibility index (Phi) is 2.33. The number of rotatable bonds is 1. The summed E-state index contributed by atoms with van der Waals surface area (Å²) in [6.45, 7) is 1.13.